The predicted octanol–water partition coefficient (Wildman–Crippen LogP) is 2.47. The maximum atomic E-state index is 12.2. The van der Waals surface area contributed by atoms with E-state index < -0.39 is 0 Å². The van der Waals surface area contributed by atoms with Crippen molar-refractivity contribution in [2.45, 2.75) is 19.3 Å². The molecule has 0 unspecified atom stereocenters. The topological polar surface area (TPSA) is 46.9 Å². The monoisotopic (exact) mass is 255 g/mol. The zero-order chi connectivity index (χ0) is 13.4. The molecule has 0 spiro atoms. The summed E-state index contributed by atoms with van der Waals surface area (Å²) in [5, 5.41) is 7.10. The largest absolute Gasteiger partial charge is 0.323 e. The second-order valence-corrected chi connectivity index (χ2v) is 5.12. The second kappa shape index (κ2) is 4.53. The van der Waals surface area contributed by atoms with Crippen molar-refractivity contribution in [1.29, 1.82) is 0 Å². The first-order valence-corrected chi connectivity index (χ1v) is 6.51. The third kappa shape index (κ3) is 2.26. The number of amides is 1. The van der Waals surface area contributed by atoms with Crippen molar-refractivity contribution in [3.63, 3.8) is 0 Å². The summed E-state index contributed by atoms with van der Waals surface area (Å²) in [4.78, 5) is 12.2. The van der Waals surface area contributed by atoms with Crippen molar-refractivity contribution in [3.05, 3.63) is 47.8 Å². The number of anilines is 1. The molecule has 98 valence electrons. The van der Waals surface area contributed by atoms with Gasteiger partial charge < -0.3 is 5.32 Å². The van der Waals surface area contributed by atoms with Crippen LogP contribution in [0.4, 0.5) is 5.69 Å². The lowest BCUT2D eigenvalue weighted by Crippen LogP contribution is -2.15. The molecule has 19 heavy (non-hydrogen) atoms. The van der Waals surface area contributed by atoms with E-state index >= 15 is 0 Å². The molecule has 2 atom stereocenters. The zero-order valence-electron chi connectivity index (χ0n) is 11.1. The molecule has 1 fully saturated rings. The second-order valence-electron chi connectivity index (χ2n) is 5.12. The number of rotatable bonds is 3. The number of aromatic nitrogens is 2. The Morgan fingerprint density at radius 3 is 2.74 bits per heavy atom. The van der Waals surface area contributed by atoms with Crippen LogP contribution in [-0.2, 0) is 11.8 Å². The average molecular weight is 255 g/mol. The summed E-state index contributed by atoms with van der Waals surface area (Å²) in [5.74, 6) is 0.574. The molecule has 1 aliphatic carbocycles. The van der Waals surface area contributed by atoms with Crippen LogP contribution in [0.25, 0.3) is 0 Å². The number of hydrogen-bond acceptors (Lipinski definition) is 2. The lowest BCUT2D eigenvalue weighted by atomic mass is 10.1. The van der Waals surface area contributed by atoms with Gasteiger partial charge in [0.2, 0.25) is 5.91 Å². The van der Waals surface area contributed by atoms with E-state index in [1.165, 1.54) is 5.56 Å². The van der Waals surface area contributed by atoms with E-state index in [1.54, 1.807) is 10.9 Å². The minimum Gasteiger partial charge on any atom is -0.323 e. The SMILES string of the molecule is Cc1c(NC(=O)[C@@H]2C[C@@H]2c2ccccc2)cnn1C. The number of nitrogens with one attached hydrogen (secondary N) is 1. The van der Waals surface area contributed by atoms with E-state index in [0.717, 1.165) is 17.8 Å². The van der Waals surface area contributed by atoms with Gasteiger partial charge in [0, 0.05) is 13.0 Å². The first-order valence-electron chi connectivity index (χ1n) is 6.51. The first kappa shape index (κ1) is 12.0. The number of carbonyl (C=O) groups excluding carboxylic acids is 1. The molecule has 0 saturated heterocycles. The van der Waals surface area contributed by atoms with Crippen LogP contribution in [0.5, 0.6) is 0 Å². The van der Waals surface area contributed by atoms with Gasteiger partial charge in [0.05, 0.1) is 17.6 Å². The number of aryl methyl sites for hydroxylation is 1. The van der Waals surface area contributed by atoms with Gasteiger partial charge in [0.25, 0.3) is 0 Å². The van der Waals surface area contributed by atoms with Crippen LogP contribution in [0.3, 0.4) is 0 Å². The molecule has 0 radical (unpaired) electrons. The number of nitrogens with zero attached hydrogens (tertiary/aromatic N) is 2. The maximum Gasteiger partial charge on any atom is 0.228 e. The summed E-state index contributed by atoms with van der Waals surface area (Å²) in [7, 11) is 1.87. The van der Waals surface area contributed by atoms with E-state index in [4.69, 9.17) is 0 Å². The van der Waals surface area contributed by atoms with Gasteiger partial charge in [-0.15, -0.1) is 0 Å². The van der Waals surface area contributed by atoms with E-state index in [2.05, 4.69) is 22.5 Å². The summed E-state index contributed by atoms with van der Waals surface area (Å²) in [6.07, 6.45) is 2.64. The molecule has 1 aromatic heterocycles. The van der Waals surface area contributed by atoms with E-state index in [1.807, 2.05) is 32.2 Å². The molecule has 3 rings (SSSR count). The molecule has 1 N–H and O–H groups in total. The van der Waals surface area contributed by atoms with Gasteiger partial charge in [-0.25, -0.2) is 0 Å². The molecule has 1 saturated carbocycles. The van der Waals surface area contributed by atoms with Crippen molar-refractivity contribution in [2.75, 3.05) is 5.32 Å². The van der Waals surface area contributed by atoms with Crippen LogP contribution in [0.2, 0.25) is 0 Å². The summed E-state index contributed by atoms with van der Waals surface area (Å²) >= 11 is 0. The molecule has 1 aliphatic rings. The molecule has 1 amide bonds. The van der Waals surface area contributed by atoms with E-state index in [9.17, 15) is 4.79 Å². The summed E-state index contributed by atoms with van der Waals surface area (Å²) < 4.78 is 1.76. The highest BCUT2D eigenvalue weighted by atomic mass is 16.2. The maximum absolute atomic E-state index is 12.2. The summed E-state index contributed by atoms with van der Waals surface area (Å²) in [5.41, 5.74) is 3.04. The Hall–Kier alpha value is -2.10. The standard InChI is InChI=1S/C15H17N3O/c1-10-14(9-16-18(10)2)17-15(19)13-8-12(13)11-6-4-3-5-7-11/h3-7,9,12-13H,8H2,1-2H3,(H,17,19)/t12-,13-/m1/s1. The Labute approximate surface area is 112 Å². The third-order valence-corrected chi connectivity index (χ3v) is 3.85. The Morgan fingerprint density at radius 2 is 2.11 bits per heavy atom. The number of carbonyl (C=O) groups is 1. The molecule has 0 aliphatic heterocycles. The number of hydrogen-bond donors (Lipinski definition) is 1. The fourth-order valence-corrected chi connectivity index (χ4v) is 2.40. The van der Waals surface area contributed by atoms with Gasteiger partial charge in [-0.3, -0.25) is 9.48 Å². The van der Waals surface area contributed by atoms with Crippen molar-refractivity contribution in [1.82, 2.24) is 9.78 Å². The Balaban J connectivity index is 1.66. The number of benzene rings is 1. The molecule has 1 aromatic carbocycles. The summed E-state index contributed by atoms with van der Waals surface area (Å²) in [6, 6.07) is 10.2. The quantitative estimate of drug-likeness (QED) is 0.915. The highest BCUT2D eigenvalue weighted by Gasteiger charge is 2.43. The van der Waals surface area contributed by atoms with Gasteiger partial charge in [0.1, 0.15) is 0 Å². The lowest BCUT2D eigenvalue weighted by molar-refractivity contribution is -0.117. The van der Waals surface area contributed by atoms with Crippen LogP contribution in [0, 0.1) is 12.8 Å². The van der Waals surface area contributed by atoms with Gasteiger partial charge in [-0.2, -0.15) is 5.10 Å². The Morgan fingerprint density at radius 1 is 1.37 bits per heavy atom. The predicted molar refractivity (Wildman–Crippen MR) is 73.9 cm³/mol. The van der Waals surface area contributed by atoms with Crippen molar-refractivity contribution >= 4 is 11.6 Å². The molecule has 4 heteroatoms. The highest BCUT2D eigenvalue weighted by molar-refractivity contribution is 5.95. The summed E-state index contributed by atoms with van der Waals surface area (Å²) in [6.45, 7) is 1.95. The van der Waals surface area contributed by atoms with Crippen LogP contribution >= 0.6 is 0 Å². The normalized spacial score (nSPS) is 21.2. The van der Waals surface area contributed by atoms with E-state index in [0.29, 0.717) is 5.92 Å². The van der Waals surface area contributed by atoms with Crippen molar-refractivity contribution in [2.24, 2.45) is 13.0 Å². The first-order chi connectivity index (χ1) is 9.16. The van der Waals surface area contributed by atoms with Gasteiger partial charge >= 0.3 is 0 Å². The molecule has 1 heterocycles. The smallest absolute Gasteiger partial charge is 0.228 e. The van der Waals surface area contributed by atoms with Crippen molar-refractivity contribution in [3.8, 4) is 0 Å². The fraction of sp³-hybridized carbons (Fsp3) is 0.333. The van der Waals surface area contributed by atoms with Gasteiger partial charge in [-0.05, 0) is 24.8 Å². The molecule has 4 nitrogen and oxygen atoms in total. The molecular weight excluding hydrogens is 238 g/mol. The molecular formula is C15H17N3O. The molecule has 0 bridgehead atoms. The lowest BCUT2D eigenvalue weighted by Gasteiger charge is -2.04. The average Bonchev–Trinajstić information content (AvgIpc) is 3.18. The fourth-order valence-electron chi connectivity index (χ4n) is 2.40. The Bertz CT molecular complexity index is 603. The highest BCUT2D eigenvalue weighted by Crippen LogP contribution is 2.47. The minimum absolute atomic E-state index is 0.0991. The van der Waals surface area contributed by atoms with Crippen LogP contribution in [0.15, 0.2) is 36.5 Å². The minimum atomic E-state index is 0.0991. The van der Waals surface area contributed by atoms with Crippen molar-refractivity contribution < 1.29 is 4.79 Å². The van der Waals surface area contributed by atoms with Crippen LogP contribution in [-0.4, -0.2) is 15.7 Å². The Kier molecular flexibility index (Phi) is 2.85. The van der Waals surface area contributed by atoms with E-state index in [-0.39, 0.29) is 11.8 Å². The van der Waals surface area contributed by atoms with Crippen LogP contribution in [0.1, 0.15) is 23.6 Å². The van der Waals surface area contributed by atoms with Gasteiger partial charge in [-0.1, -0.05) is 30.3 Å². The van der Waals surface area contributed by atoms with Gasteiger partial charge in [0.15, 0.2) is 0 Å². The zero-order valence-corrected chi connectivity index (χ0v) is 11.1. The van der Waals surface area contributed by atoms with Crippen LogP contribution < -0.4 is 5.32 Å². The molecule has 2 aromatic rings. The third-order valence-electron chi connectivity index (χ3n) is 3.85.